The summed E-state index contributed by atoms with van der Waals surface area (Å²) in [6.45, 7) is 4.87. The predicted octanol–water partition coefficient (Wildman–Crippen LogP) is 2.24. The van der Waals surface area contributed by atoms with Gasteiger partial charge < -0.3 is 14.6 Å². The zero-order chi connectivity index (χ0) is 19.2. The first-order valence-corrected chi connectivity index (χ1v) is 10.4. The molecule has 142 valence electrons. The van der Waals surface area contributed by atoms with Gasteiger partial charge in [0.05, 0.1) is 5.56 Å². The highest BCUT2D eigenvalue weighted by Gasteiger charge is 2.33. The van der Waals surface area contributed by atoms with E-state index in [1.54, 1.807) is 31.2 Å². The molecule has 1 amide bonds. The highest BCUT2D eigenvalue weighted by atomic mass is 32.2. The SMILES string of the molecule is Cc1cc(C(=O)NC2CCN(C3=NS(=O)(=O)c4ccccc43)CC2)c(C)o1. The first-order valence-electron chi connectivity index (χ1n) is 8.92. The molecular weight excluding hydrogens is 366 g/mol. The fourth-order valence-electron chi connectivity index (χ4n) is 3.67. The second-order valence-electron chi connectivity index (χ2n) is 6.95. The molecule has 2 aliphatic rings. The van der Waals surface area contributed by atoms with Gasteiger partial charge in [0.1, 0.15) is 16.4 Å². The van der Waals surface area contributed by atoms with Crippen LogP contribution >= 0.6 is 0 Å². The van der Waals surface area contributed by atoms with Crippen molar-refractivity contribution in [2.75, 3.05) is 13.1 Å². The third-order valence-corrected chi connectivity index (χ3v) is 6.35. The Hall–Kier alpha value is -2.61. The van der Waals surface area contributed by atoms with Crippen molar-refractivity contribution in [2.24, 2.45) is 4.40 Å². The zero-order valence-corrected chi connectivity index (χ0v) is 16.0. The summed E-state index contributed by atoms with van der Waals surface area (Å²) >= 11 is 0. The lowest BCUT2D eigenvalue weighted by Crippen LogP contribution is -2.46. The molecule has 2 aromatic rings. The highest BCUT2D eigenvalue weighted by Crippen LogP contribution is 2.28. The normalized spacial score (nSPS) is 18.9. The van der Waals surface area contributed by atoms with E-state index in [2.05, 4.69) is 9.71 Å². The molecular formula is C19H21N3O4S. The van der Waals surface area contributed by atoms with Crippen molar-refractivity contribution in [3.8, 4) is 0 Å². The van der Waals surface area contributed by atoms with Crippen molar-refractivity contribution in [3.05, 3.63) is 53.0 Å². The molecule has 0 atom stereocenters. The predicted molar refractivity (Wildman–Crippen MR) is 100 cm³/mol. The number of rotatable bonds is 2. The summed E-state index contributed by atoms with van der Waals surface area (Å²) < 4.78 is 33.8. The number of hydrogen-bond donors (Lipinski definition) is 1. The van der Waals surface area contributed by atoms with Crippen molar-refractivity contribution in [2.45, 2.75) is 37.6 Å². The van der Waals surface area contributed by atoms with Crippen LogP contribution < -0.4 is 5.32 Å². The molecule has 1 fully saturated rings. The first kappa shape index (κ1) is 17.8. The third-order valence-electron chi connectivity index (χ3n) is 5.03. The summed E-state index contributed by atoms with van der Waals surface area (Å²) in [5.41, 5.74) is 1.22. The summed E-state index contributed by atoms with van der Waals surface area (Å²) in [5, 5.41) is 3.05. The molecule has 7 nitrogen and oxygen atoms in total. The van der Waals surface area contributed by atoms with Gasteiger partial charge in [0.2, 0.25) is 0 Å². The van der Waals surface area contributed by atoms with Crippen LogP contribution in [0.15, 0.2) is 44.0 Å². The number of nitrogens with zero attached hydrogens (tertiary/aromatic N) is 2. The second-order valence-corrected chi connectivity index (χ2v) is 8.52. The van der Waals surface area contributed by atoms with Crippen LogP contribution in [-0.2, 0) is 10.0 Å². The Balaban J connectivity index is 1.43. The van der Waals surface area contributed by atoms with Crippen LogP contribution in [0.25, 0.3) is 0 Å². The molecule has 0 unspecified atom stereocenters. The Morgan fingerprint density at radius 2 is 1.93 bits per heavy atom. The smallest absolute Gasteiger partial charge is 0.285 e. The number of carbonyl (C=O) groups is 1. The van der Waals surface area contributed by atoms with Gasteiger partial charge in [-0.05, 0) is 44.9 Å². The summed E-state index contributed by atoms with van der Waals surface area (Å²) in [6.07, 6.45) is 1.45. The minimum absolute atomic E-state index is 0.0391. The van der Waals surface area contributed by atoms with Gasteiger partial charge >= 0.3 is 0 Å². The number of amidine groups is 1. The number of nitrogens with one attached hydrogen (secondary N) is 1. The zero-order valence-electron chi connectivity index (χ0n) is 15.2. The molecule has 1 saturated heterocycles. The Morgan fingerprint density at radius 3 is 2.59 bits per heavy atom. The molecule has 0 aliphatic carbocycles. The summed E-state index contributed by atoms with van der Waals surface area (Å²) in [6, 6.07) is 8.68. The molecule has 0 spiro atoms. The number of likely N-dealkylation sites (tertiary alicyclic amines) is 1. The van der Waals surface area contributed by atoms with Crippen molar-refractivity contribution in [1.29, 1.82) is 0 Å². The van der Waals surface area contributed by atoms with Gasteiger partial charge in [0, 0.05) is 24.7 Å². The maximum Gasteiger partial charge on any atom is 0.285 e. The maximum atomic E-state index is 12.4. The Labute approximate surface area is 158 Å². The van der Waals surface area contributed by atoms with Crippen LogP contribution in [0, 0.1) is 13.8 Å². The molecule has 2 aliphatic heterocycles. The molecule has 0 saturated carbocycles. The number of sulfonamides is 1. The Morgan fingerprint density at radius 1 is 1.22 bits per heavy atom. The van der Waals surface area contributed by atoms with E-state index in [1.807, 2.05) is 17.9 Å². The molecule has 1 aromatic carbocycles. The monoisotopic (exact) mass is 387 g/mol. The maximum absolute atomic E-state index is 12.4. The minimum atomic E-state index is -3.61. The highest BCUT2D eigenvalue weighted by molar-refractivity contribution is 7.90. The average molecular weight is 387 g/mol. The number of aryl methyl sites for hydroxylation is 2. The number of fused-ring (bicyclic) bond motifs is 1. The number of hydrogen-bond acceptors (Lipinski definition) is 5. The van der Waals surface area contributed by atoms with E-state index in [9.17, 15) is 13.2 Å². The van der Waals surface area contributed by atoms with Gasteiger partial charge in [-0.1, -0.05) is 12.1 Å². The molecule has 4 rings (SSSR count). The van der Waals surface area contributed by atoms with E-state index < -0.39 is 10.0 Å². The van der Waals surface area contributed by atoms with E-state index >= 15 is 0 Å². The molecule has 0 radical (unpaired) electrons. The van der Waals surface area contributed by atoms with Crippen LogP contribution in [0.2, 0.25) is 0 Å². The van der Waals surface area contributed by atoms with Gasteiger partial charge in [-0.15, -0.1) is 4.40 Å². The van der Waals surface area contributed by atoms with Crippen LogP contribution in [0.5, 0.6) is 0 Å². The van der Waals surface area contributed by atoms with E-state index in [1.165, 1.54) is 0 Å². The number of amides is 1. The van der Waals surface area contributed by atoms with Crippen molar-refractivity contribution in [1.82, 2.24) is 10.2 Å². The summed E-state index contributed by atoms with van der Waals surface area (Å²) in [7, 11) is -3.61. The second kappa shape index (κ2) is 6.53. The van der Waals surface area contributed by atoms with Crippen LogP contribution in [0.3, 0.4) is 0 Å². The number of furan rings is 1. The van der Waals surface area contributed by atoms with Crippen LogP contribution in [0.4, 0.5) is 0 Å². The molecule has 27 heavy (non-hydrogen) atoms. The number of piperidine rings is 1. The molecule has 1 N–H and O–H groups in total. The molecule has 1 aromatic heterocycles. The quantitative estimate of drug-likeness (QED) is 0.853. The number of benzene rings is 1. The van der Waals surface area contributed by atoms with E-state index in [0.717, 1.165) is 12.8 Å². The lowest BCUT2D eigenvalue weighted by atomic mass is 10.0. The standard InChI is InChI=1S/C19H21N3O4S/c1-12-11-16(13(2)26-12)19(23)20-14-7-9-22(10-8-14)18-15-5-3-4-6-17(15)27(24,25)21-18/h3-6,11,14H,7-10H2,1-2H3,(H,20,23). The van der Waals surface area contributed by atoms with E-state index in [0.29, 0.717) is 41.6 Å². The number of carbonyl (C=O) groups excluding carboxylic acids is 1. The lowest BCUT2D eigenvalue weighted by Gasteiger charge is -2.33. The summed E-state index contributed by atoms with van der Waals surface area (Å²) in [5.74, 6) is 1.71. The minimum Gasteiger partial charge on any atom is -0.466 e. The lowest BCUT2D eigenvalue weighted by molar-refractivity contribution is 0.0921. The third kappa shape index (κ3) is 3.25. The van der Waals surface area contributed by atoms with E-state index in [-0.39, 0.29) is 16.8 Å². The first-order chi connectivity index (χ1) is 12.8. The van der Waals surface area contributed by atoms with Crippen molar-refractivity contribution in [3.63, 3.8) is 0 Å². The van der Waals surface area contributed by atoms with Gasteiger partial charge in [-0.25, -0.2) is 0 Å². The fraction of sp³-hybridized carbons (Fsp3) is 0.368. The van der Waals surface area contributed by atoms with Crippen molar-refractivity contribution < 1.29 is 17.6 Å². The molecule has 8 heteroatoms. The van der Waals surface area contributed by atoms with Gasteiger partial charge in [0.15, 0.2) is 5.84 Å². The van der Waals surface area contributed by atoms with Crippen LogP contribution in [-0.4, -0.2) is 44.2 Å². The van der Waals surface area contributed by atoms with E-state index in [4.69, 9.17) is 4.42 Å². The largest absolute Gasteiger partial charge is 0.466 e. The topological polar surface area (TPSA) is 92.0 Å². The molecule has 0 bridgehead atoms. The Kier molecular flexibility index (Phi) is 4.30. The Bertz CT molecular complexity index is 1030. The van der Waals surface area contributed by atoms with Gasteiger partial charge in [0.25, 0.3) is 15.9 Å². The van der Waals surface area contributed by atoms with Gasteiger partial charge in [-0.3, -0.25) is 4.79 Å². The van der Waals surface area contributed by atoms with Crippen LogP contribution in [0.1, 0.15) is 40.3 Å². The average Bonchev–Trinajstić information content (AvgIpc) is 3.12. The molecule has 3 heterocycles. The summed E-state index contributed by atoms with van der Waals surface area (Å²) in [4.78, 5) is 14.7. The van der Waals surface area contributed by atoms with Crippen molar-refractivity contribution >= 4 is 21.8 Å². The van der Waals surface area contributed by atoms with Gasteiger partial charge in [-0.2, -0.15) is 8.42 Å². The fourth-order valence-corrected chi connectivity index (χ4v) is 4.90.